The summed E-state index contributed by atoms with van der Waals surface area (Å²) in [6, 6.07) is 2.39. The fourth-order valence-electron chi connectivity index (χ4n) is 1.50. The first-order valence-corrected chi connectivity index (χ1v) is 5.49. The molecular weight excluding hydrogens is 186 g/mol. The van der Waals surface area contributed by atoms with Crippen LogP contribution in [0.4, 0.5) is 0 Å². The summed E-state index contributed by atoms with van der Waals surface area (Å²) in [7, 11) is 0. The van der Waals surface area contributed by atoms with Crippen molar-refractivity contribution in [1.29, 1.82) is 0 Å². The molecule has 0 radical (unpaired) electrons. The molecular formula is C12H19N3. The molecule has 1 rings (SSSR count). The number of aromatic nitrogens is 2. The molecule has 1 aromatic heterocycles. The fraction of sp³-hybridized carbons (Fsp3) is 0.500. The van der Waals surface area contributed by atoms with Gasteiger partial charge in [0.25, 0.3) is 0 Å². The third kappa shape index (κ3) is 4.21. The molecule has 0 aliphatic heterocycles. The van der Waals surface area contributed by atoms with Gasteiger partial charge < -0.3 is 5.32 Å². The third-order valence-electron chi connectivity index (χ3n) is 2.31. The zero-order valence-electron chi connectivity index (χ0n) is 9.32. The minimum Gasteiger partial charge on any atom is -0.310 e. The maximum absolute atomic E-state index is 3.91. The van der Waals surface area contributed by atoms with Crippen LogP contribution in [0.25, 0.3) is 0 Å². The summed E-state index contributed by atoms with van der Waals surface area (Å²) in [6.07, 6.45) is 8.75. The second-order valence-electron chi connectivity index (χ2n) is 3.55. The van der Waals surface area contributed by atoms with Crippen molar-refractivity contribution in [3.63, 3.8) is 0 Å². The van der Waals surface area contributed by atoms with E-state index < -0.39 is 0 Å². The van der Waals surface area contributed by atoms with Crippen LogP contribution >= 0.6 is 0 Å². The van der Waals surface area contributed by atoms with Crippen LogP contribution < -0.4 is 5.32 Å². The molecule has 0 fully saturated rings. The Balaban J connectivity index is 2.58. The van der Waals surface area contributed by atoms with Gasteiger partial charge in [-0.25, -0.2) is 0 Å². The molecule has 0 spiro atoms. The largest absolute Gasteiger partial charge is 0.310 e. The summed E-state index contributed by atoms with van der Waals surface area (Å²) < 4.78 is 0. The van der Waals surface area contributed by atoms with E-state index in [9.17, 15) is 0 Å². The van der Waals surface area contributed by atoms with E-state index in [1.807, 2.05) is 18.3 Å². The molecule has 1 heterocycles. The Morgan fingerprint density at radius 2 is 2.40 bits per heavy atom. The first-order chi connectivity index (χ1) is 7.38. The Morgan fingerprint density at radius 3 is 3.00 bits per heavy atom. The van der Waals surface area contributed by atoms with E-state index in [4.69, 9.17) is 0 Å². The zero-order valence-corrected chi connectivity index (χ0v) is 9.32. The van der Waals surface area contributed by atoms with Gasteiger partial charge in [-0.2, -0.15) is 10.2 Å². The van der Waals surface area contributed by atoms with Crippen LogP contribution in [-0.4, -0.2) is 16.7 Å². The summed E-state index contributed by atoms with van der Waals surface area (Å²) in [4.78, 5) is 0. The Morgan fingerprint density at radius 1 is 1.53 bits per heavy atom. The highest BCUT2D eigenvalue weighted by Crippen LogP contribution is 2.16. The molecule has 1 atom stereocenters. The molecule has 0 aliphatic rings. The molecule has 1 unspecified atom stereocenters. The molecule has 1 N–H and O–H groups in total. The number of nitrogens with one attached hydrogen (secondary N) is 1. The van der Waals surface area contributed by atoms with E-state index in [2.05, 4.69) is 29.0 Å². The SMILES string of the molecule is C=CCCC(NCCC)c1ccnnc1. The van der Waals surface area contributed by atoms with E-state index in [0.717, 1.165) is 25.8 Å². The molecule has 3 nitrogen and oxygen atoms in total. The lowest BCUT2D eigenvalue weighted by molar-refractivity contribution is 0.501. The Bertz CT molecular complexity index is 271. The summed E-state index contributed by atoms with van der Waals surface area (Å²) >= 11 is 0. The highest BCUT2D eigenvalue weighted by atomic mass is 15.1. The zero-order chi connectivity index (χ0) is 10.9. The van der Waals surface area contributed by atoms with Gasteiger partial charge in [0.1, 0.15) is 0 Å². The molecule has 0 amide bonds. The number of hydrogen-bond donors (Lipinski definition) is 1. The summed E-state index contributed by atoms with van der Waals surface area (Å²) in [5.41, 5.74) is 1.21. The van der Waals surface area contributed by atoms with Crippen molar-refractivity contribution in [2.24, 2.45) is 0 Å². The minimum absolute atomic E-state index is 0.374. The van der Waals surface area contributed by atoms with Gasteiger partial charge in [-0.1, -0.05) is 13.0 Å². The molecule has 3 heteroatoms. The first kappa shape index (κ1) is 11.9. The van der Waals surface area contributed by atoms with E-state index in [1.54, 1.807) is 6.20 Å². The molecule has 0 saturated heterocycles. The fourth-order valence-corrected chi connectivity index (χ4v) is 1.50. The van der Waals surface area contributed by atoms with Gasteiger partial charge in [0.15, 0.2) is 0 Å². The van der Waals surface area contributed by atoms with Crippen molar-refractivity contribution in [1.82, 2.24) is 15.5 Å². The van der Waals surface area contributed by atoms with E-state index >= 15 is 0 Å². The lowest BCUT2D eigenvalue weighted by Crippen LogP contribution is -2.22. The number of nitrogens with zero attached hydrogens (tertiary/aromatic N) is 2. The van der Waals surface area contributed by atoms with Gasteiger partial charge in [0.05, 0.1) is 6.20 Å². The smallest absolute Gasteiger partial charge is 0.0544 e. The van der Waals surface area contributed by atoms with Crippen molar-refractivity contribution in [2.75, 3.05) is 6.54 Å². The van der Waals surface area contributed by atoms with Crippen molar-refractivity contribution in [3.8, 4) is 0 Å². The lowest BCUT2D eigenvalue weighted by atomic mass is 10.0. The third-order valence-corrected chi connectivity index (χ3v) is 2.31. The van der Waals surface area contributed by atoms with Crippen LogP contribution in [0, 0.1) is 0 Å². The van der Waals surface area contributed by atoms with Gasteiger partial charge in [-0.15, -0.1) is 6.58 Å². The monoisotopic (exact) mass is 205 g/mol. The van der Waals surface area contributed by atoms with E-state index in [1.165, 1.54) is 5.56 Å². The van der Waals surface area contributed by atoms with Gasteiger partial charge in [-0.05, 0) is 37.4 Å². The lowest BCUT2D eigenvalue weighted by Gasteiger charge is -2.17. The quantitative estimate of drug-likeness (QED) is 0.695. The average Bonchev–Trinajstić information content (AvgIpc) is 2.30. The standard InChI is InChI=1S/C12H19N3/c1-3-5-6-12(13-8-4-2)11-7-9-14-15-10-11/h3,7,9-10,12-13H,1,4-6,8H2,2H3. The second kappa shape index (κ2) is 7.12. The van der Waals surface area contributed by atoms with Crippen LogP contribution in [0.15, 0.2) is 31.1 Å². The predicted molar refractivity (Wildman–Crippen MR) is 62.5 cm³/mol. The number of hydrogen-bond acceptors (Lipinski definition) is 3. The van der Waals surface area contributed by atoms with Crippen molar-refractivity contribution < 1.29 is 0 Å². The van der Waals surface area contributed by atoms with Crippen molar-refractivity contribution in [3.05, 3.63) is 36.7 Å². The summed E-state index contributed by atoms with van der Waals surface area (Å²) in [6.45, 7) is 6.95. The maximum Gasteiger partial charge on any atom is 0.0544 e. The molecule has 1 aromatic rings. The molecule has 15 heavy (non-hydrogen) atoms. The van der Waals surface area contributed by atoms with Crippen LogP contribution in [-0.2, 0) is 0 Å². The van der Waals surface area contributed by atoms with Crippen LogP contribution in [0.3, 0.4) is 0 Å². The molecule has 82 valence electrons. The highest BCUT2D eigenvalue weighted by Gasteiger charge is 2.09. The summed E-state index contributed by atoms with van der Waals surface area (Å²) in [5, 5.41) is 11.2. The van der Waals surface area contributed by atoms with Crippen molar-refractivity contribution in [2.45, 2.75) is 32.2 Å². The highest BCUT2D eigenvalue weighted by molar-refractivity contribution is 5.11. The average molecular weight is 205 g/mol. The number of allylic oxidation sites excluding steroid dienone is 1. The number of rotatable bonds is 7. The van der Waals surface area contributed by atoms with Crippen LogP contribution in [0.5, 0.6) is 0 Å². The van der Waals surface area contributed by atoms with E-state index in [-0.39, 0.29) is 0 Å². The Labute approximate surface area is 91.6 Å². The molecule has 0 aromatic carbocycles. The summed E-state index contributed by atoms with van der Waals surface area (Å²) in [5.74, 6) is 0. The topological polar surface area (TPSA) is 37.8 Å². The van der Waals surface area contributed by atoms with Gasteiger partial charge in [0, 0.05) is 12.2 Å². The molecule has 0 bridgehead atoms. The minimum atomic E-state index is 0.374. The van der Waals surface area contributed by atoms with Crippen LogP contribution in [0.2, 0.25) is 0 Å². The van der Waals surface area contributed by atoms with Gasteiger partial charge in [-0.3, -0.25) is 0 Å². The van der Waals surface area contributed by atoms with E-state index in [0.29, 0.717) is 6.04 Å². The second-order valence-corrected chi connectivity index (χ2v) is 3.55. The van der Waals surface area contributed by atoms with Crippen LogP contribution in [0.1, 0.15) is 37.8 Å². The molecule has 0 saturated carbocycles. The van der Waals surface area contributed by atoms with Crippen molar-refractivity contribution >= 4 is 0 Å². The molecule has 0 aliphatic carbocycles. The normalized spacial score (nSPS) is 12.3. The van der Waals surface area contributed by atoms with Gasteiger partial charge >= 0.3 is 0 Å². The Kier molecular flexibility index (Phi) is 5.63. The predicted octanol–water partition coefficient (Wildman–Crippen LogP) is 2.48. The maximum atomic E-state index is 3.91. The van der Waals surface area contributed by atoms with Gasteiger partial charge in [0.2, 0.25) is 0 Å². The first-order valence-electron chi connectivity index (χ1n) is 5.49. The Hall–Kier alpha value is -1.22.